The Hall–Kier alpha value is -0.610. The number of rotatable bonds is 9. The summed E-state index contributed by atoms with van der Waals surface area (Å²) in [6.07, 6.45) is 1.79. The SMILES string of the molecule is CCOC(=O)C(C)(N)CC(C)N(CC)CC(C)CC. The average molecular weight is 272 g/mol. The maximum atomic E-state index is 11.8. The van der Waals surface area contributed by atoms with Crippen LogP contribution < -0.4 is 5.73 Å². The van der Waals surface area contributed by atoms with Crippen LogP contribution in [0.5, 0.6) is 0 Å². The number of nitrogens with zero attached hydrogens (tertiary/aromatic N) is 1. The number of hydrogen-bond donors (Lipinski definition) is 1. The summed E-state index contributed by atoms with van der Waals surface area (Å²) in [6, 6.07) is 0.276. The second-order valence-electron chi connectivity index (χ2n) is 5.79. The van der Waals surface area contributed by atoms with Gasteiger partial charge in [-0.1, -0.05) is 27.2 Å². The normalized spacial score (nSPS) is 17.9. The van der Waals surface area contributed by atoms with Crippen LogP contribution in [0.3, 0.4) is 0 Å². The van der Waals surface area contributed by atoms with Crippen LogP contribution in [0.25, 0.3) is 0 Å². The van der Waals surface area contributed by atoms with Gasteiger partial charge in [0.05, 0.1) is 6.61 Å². The Morgan fingerprint density at radius 1 is 1.32 bits per heavy atom. The van der Waals surface area contributed by atoms with E-state index in [0.29, 0.717) is 18.9 Å². The number of nitrogens with two attached hydrogens (primary N) is 1. The lowest BCUT2D eigenvalue weighted by Crippen LogP contribution is -2.51. The first-order valence-electron chi connectivity index (χ1n) is 7.48. The Morgan fingerprint density at radius 2 is 1.89 bits per heavy atom. The van der Waals surface area contributed by atoms with Crippen molar-refractivity contribution in [1.29, 1.82) is 0 Å². The lowest BCUT2D eigenvalue weighted by molar-refractivity contribution is -0.149. The minimum atomic E-state index is -0.904. The van der Waals surface area contributed by atoms with Gasteiger partial charge >= 0.3 is 5.97 Å². The molecule has 4 nitrogen and oxygen atoms in total. The van der Waals surface area contributed by atoms with E-state index in [1.54, 1.807) is 13.8 Å². The van der Waals surface area contributed by atoms with Gasteiger partial charge < -0.3 is 15.4 Å². The van der Waals surface area contributed by atoms with Crippen molar-refractivity contribution in [3.8, 4) is 0 Å². The zero-order valence-electron chi connectivity index (χ0n) is 13.5. The lowest BCUT2D eigenvalue weighted by Gasteiger charge is -2.34. The number of esters is 1. The highest BCUT2D eigenvalue weighted by Crippen LogP contribution is 2.17. The maximum absolute atomic E-state index is 11.8. The molecule has 0 heterocycles. The van der Waals surface area contributed by atoms with Crippen LogP contribution in [-0.2, 0) is 9.53 Å². The monoisotopic (exact) mass is 272 g/mol. The van der Waals surface area contributed by atoms with Gasteiger partial charge in [0.25, 0.3) is 0 Å². The van der Waals surface area contributed by atoms with E-state index >= 15 is 0 Å². The van der Waals surface area contributed by atoms with Crippen LogP contribution in [0, 0.1) is 5.92 Å². The first-order chi connectivity index (χ1) is 8.78. The van der Waals surface area contributed by atoms with E-state index in [0.717, 1.165) is 13.1 Å². The van der Waals surface area contributed by atoms with Gasteiger partial charge in [-0.25, -0.2) is 0 Å². The Bertz CT molecular complexity index is 267. The molecule has 0 amide bonds. The van der Waals surface area contributed by atoms with Crippen LogP contribution >= 0.6 is 0 Å². The smallest absolute Gasteiger partial charge is 0.325 e. The number of hydrogen-bond acceptors (Lipinski definition) is 4. The van der Waals surface area contributed by atoms with E-state index in [1.165, 1.54) is 6.42 Å². The highest BCUT2D eigenvalue weighted by molar-refractivity contribution is 5.80. The van der Waals surface area contributed by atoms with Gasteiger partial charge in [0, 0.05) is 12.6 Å². The summed E-state index contributed by atoms with van der Waals surface area (Å²) in [6.45, 7) is 14.7. The van der Waals surface area contributed by atoms with E-state index in [9.17, 15) is 4.79 Å². The van der Waals surface area contributed by atoms with Crippen LogP contribution in [-0.4, -0.2) is 42.1 Å². The van der Waals surface area contributed by atoms with Crippen molar-refractivity contribution in [3.05, 3.63) is 0 Å². The summed E-state index contributed by atoms with van der Waals surface area (Å²) < 4.78 is 5.04. The first kappa shape index (κ1) is 18.4. The van der Waals surface area contributed by atoms with Crippen LogP contribution in [0.2, 0.25) is 0 Å². The molecule has 0 saturated heterocycles. The summed E-state index contributed by atoms with van der Waals surface area (Å²) in [5, 5.41) is 0. The van der Waals surface area contributed by atoms with E-state index in [-0.39, 0.29) is 12.0 Å². The van der Waals surface area contributed by atoms with Gasteiger partial charge in [-0.15, -0.1) is 0 Å². The molecule has 0 aromatic carbocycles. The number of carbonyl (C=O) groups excluding carboxylic acids is 1. The van der Waals surface area contributed by atoms with Gasteiger partial charge in [-0.3, -0.25) is 4.79 Å². The van der Waals surface area contributed by atoms with Crippen molar-refractivity contribution in [3.63, 3.8) is 0 Å². The zero-order valence-corrected chi connectivity index (χ0v) is 13.5. The molecule has 0 bridgehead atoms. The summed E-state index contributed by atoms with van der Waals surface area (Å²) in [4.78, 5) is 14.2. The van der Waals surface area contributed by atoms with Crippen molar-refractivity contribution in [1.82, 2.24) is 4.90 Å². The molecule has 0 aromatic heterocycles. The van der Waals surface area contributed by atoms with Crippen molar-refractivity contribution in [2.75, 3.05) is 19.7 Å². The Morgan fingerprint density at radius 3 is 2.32 bits per heavy atom. The van der Waals surface area contributed by atoms with E-state index in [4.69, 9.17) is 10.5 Å². The van der Waals surface area contributed by atoms with Crippen molar-refractivity contribution in [2.24, 2.45) is 11.7 Å². The molecule has 0 aliphatic rings. The Balaban J connectivity index is 4.53. The molecule has 3 atom stereocenters. The summed E-state index contributed by atoms with van der Waals surface area (Å²) in [5.41, 5.74) is 5.20. The molecule has 0 fully saturated rings. The molecule has 0 radical (unpaired) electrons. The maximum Gasteiger partial charge on any atom is 0.325 e. The third-order valence-electron chi connectivity index (χ3n) is 3.73. The van der Waals surface area contributed by atoms with Gasteiger partial charge in [0.2, 0.25) is 0 Å². The predicted octanol–water partition coefficient (Wildman–Crippen LogP) is 2.41. The highest BCUT2D eigenvalue weighted by Gasteiger charge is 2.33. The number of ether oxygens (including phenoxy) is 1. The molecule has 4 heteroatoms. The van der Waals surface area contributed by atoms with Crippen LogP contribution in [0.15, 0.2) is 0 Å². The van der Waals surface area contributed by atoms with Crippen LogP contribution in [0.4, 0.5) is 0 Å². The van der Waals surface area contributed by atoms with Crippen molar-refractivity contribution >= 4 is 5.97 Å². The molecule has 19 heavy (non-hydrogen) atoms. The lowest BCUT2D eigenvalue weighted by atomic mass is 9.93. The Kier molecular flexibility index (Phi) is 8.26. The second kappa shape index (κ2) is 8.54. The standard InChI is InChI=1S/C15H32N2O2/c1-7-12(4)11-17(8-2)13(5)10-15(6,16)14(18)19-9-3/h12-13H,7-11,16H2,1-6H3. The van der Waals surface area contributed by atoms with Gasteiger partial charge in [-0.2, -0.15) is 0 Å². The molecule has 2 N–H and O–H groups in total. The quantitative estimate of drug-likeness (QED) is 0.655. The molecule has 0 spiro atoms. The highest BCUT2D eigenvalue weighted by atomic mass is 16.5. The second-order valence-corrected chi connectivity index (χ2v) is 5.79. The Labute approximate surface area is 118 Å². The molecule has 0 aromatic rings. The molecular weight excluding hydrogens is 240 g/mol. The van der Waals surface area contributed by atoms with E-state index in [1.807, 2.05) is 0 Å². The zero-order chi connectivity index (χ0) is 15.1. The van der Waals surface area contributed by atoms with Crippen molar-refractivity contribution in [2.45, 2.75) is 66.0 Å². The van der Waals surface area contributed by atoms with Gasteiger partial charge in [-0.05, 0) is 39.7 Å². The van der Waals surface area contributed by atoms with Crippen LogP contribution in [0.1, 0.15) is 54.4 Å². The molecule has 0 aliphatic heterocycles. The third kappa shape index (κ3) is 6.39. The third-order valence-corrected chi connectivity index (χ3v) is 3.73. The molecule has 0 saturated carbocycles. The molecule has 0 rings (SSSR count). The van der Waals surface area contributed by atoms with Crippen molar-refractivity contribution < 1.29 is 9.53 Å². The topological polar surface area (TPSA) is 55.6 Å². The van der Waals surface area contributed by atoms with Gasteiger partial charge in [0.15, 0.2) is 0 Å². The predicted molar refractivity (Wildman–Crippen MR) is 80.0 cm³/mol. The first-order valence-corrected chi connectivity index (χ1v) is 7.48. The fourth-order valence-corrected chi connectivity index (χ4v) is 2.27. The molecule has 0 aliphatic carbocycles. The molecule has 114 valence electrons. The van der Waals surface area contributed by atoms with Gasteiger partial charge in [0.1, 0.15) is 5.54 Å². The number of carbonyl (C=O) groups is 1. The van der Waals surface area contributed by atoms with E-state index < -0.39 is 5.54 Å². The molecular formula is C15H32N2O2. The minimum Gasteiger partial charge on any atom is -0.465 e. The fourth-order valence-electron chi connectivity index (χ4n) is 2.27. The largest absolute Gasteiger partial charge is 0.465 e. The average Bonchev–Trinajstić information content (AvgIpc) is 2.35. The fraction of sp³-hybridized carbons (Fsp3) is 0.933. The summed E-state index contributed by atoms with van der Waals surface area (Å²) in [7, 11) is 0. The summed E-state index contributed by atoms with van der Waals surface area (Å²) >= 11 is 0. The van der Waals surface area contributed by atoms with E-state index in [2.05, 4.69) is 32.6 Å². The summed E-state index contributed by atoms with van der Waals surface area (Å²) in [5.74, 6) is 0.357. The molecule has 3 unspecified atom stereocenters. The minimum absolute atomic E-state index is 0.276.